The van der Waals surface area contributed by atoms with Gasteiger partial charge >= 0.3 is 56.8 Å². The summed E-state index contributed by atoms with van der Waals surface area (Å²) in [6, 6.07) is 0. The minimum atomic E-state index is -8.86. The van der Waals surface area contributed by atoms with Gasteiger partial charge in [-0.25, -0.2) is 4.39 Å². The number of alkyl halides is 17. The predicted octanol–water partition coefficient (Wildman–Crippen LogP) is 5.40. The van der Waals surface area contributed by atoms with Gasteiger partial charge in [0.1, 0.15) is 0 Å². The van der Waals surface area contributed by atoms with E-state index in [1.54, 1.807) is 6.08 Å². The molecule has 0 aliphatic carbocycles. The highest BCUT2D eigenvalue weighted by Crippen LogP contribution is 2.64. The van der Waals surface area contributed by atoms with Gasteiger partial charge < -0.3 is 5.73 Å². The Balaban J connectivity index is 0. The molecule has 0 saturated carbocycles. The van der Waals surface area contributed by atoms with Crippen LogP contribution in [0.2, 0.25) is 0 Å². The molecule has 0 aromatic heterocycles. The smallest absolute Gasteiger partial charge is 0.327 e. The summed E-state index contributed by atoms with van der Waals surface area (Å²) in [6.07, 6.45) is -2.93. The standard InChI is InChI=1S/C10H5F17O3S.C3H7N/c1-2(11)3(12,13)4(14,15)5(16,17)6(18,19)7(20,21)8(22,23)9(24,25)10(26,27)31(28,29)30;1-2-3-4/h2H,1H3,(H,28,29,30);2H,1,3-4H2. The Morgan fingerprint density at radius 1 is 0.714 bits per heavy atom. The Kier molecular flexibility index (Phi) is 9.87. The Bertz CT molecular complexity index is 853. The Morgan fingerprint density at radius 2 is 0.943 bits per heavy atom. The third-order valence-corrected chi connectivity index (χ3v) is 4.65. The van der Waals surface area contributed by atoms with Crippen LogP contribution in [-0.4, -0.2) is 72.4 Å². The average Bonchev–Trinajstić information content (AvgIpc) is 2.65. The fraction of sp³-hybridized carbons (Fsp3) is 0.846. The second-order valence-electron chi connectivity index (χ2n) is 6.20. The second kappa shape index (κ2) is 9.71. The van der Waals surface area contributed by atoms with Crippen LogP contribution in [0.5, 0.6) is 0 Å². The van der Waals surface area contributed by atoms with Gasteiger partial charge in [0.2, 0.25) is 0 Å². The molecule has 0 heterocycles. The molecule has 0 aromatic carbocycles. The van der Waals surface area contributed by atoms with E-state index in [2.05, 4.69) is 6.58 Å². The Labute approximate surface area is 183 Å². The maximum atomic E-state index is 13.3. The monoisotopic (exact) mass is 585 g/mol. The number of halogens is 17. The zero-order valence-electron chi connectivity index (χ0n) is 16.2. The van der Waals surface area contributed by atoms with Crippen LogP contribution in [0.25, 0.3) is 0 Å². The number of nitrogens with two attached hydrogens (primary N) is 1. The fourth-order valence-electron chi connectivity index (χ4n) is 1.59. The average molecular weight is 585 g/mol. The van der Waals surface area contributed by atoms with E-state index in [1.165, 1.54) is 0 Å². The topological polar surface area (TPSA) is 80.4 Å². The van der Waals surface area contributed by atoms with Gasteiger partial charge in [-0.05, 0) is 6.92 Å². The lowest BCUT2D eigenvalue weighted by Gasteiger charge is -2.43. The fourth-order valence-corrected chi connectivity index (χ4v) is 2.04. The maximum absolute atomic E-state index is 13.3. The van der Waals surface area contributed by atoms with Crippen LogP contribution >= 0.6 is 0 Å². The molecule has 0 fully saturated rings. The molecule has 0 aliphatic heterocycles. The van der Waals surface area contributed by atoms with Crippen LogP contribution in [-0.2, 0) is 10.1 Å². The summed E-state index contributed by atoms with van der Waals surface area (Å²) >= 11 is 0. The summed E-state index contributed by atoms with van der Waals surface area (Å²) < 4.78 is 250. The maximum Gasteiger partial charge on any atom is 0.438 e. The van der Waals surface area contributed by atoms with E-state index < -0.39 is 69.9 Å². The third-order valence-electron chi connectivity index (χ3n) is 3.75. The molecule has 0 amide bonds. The lowest BCUT2D eigenvalue weighted by atomic mass is 9.88. The minimum absolute atomic E-state index is 0.583. The molecule has 0 bridgehead atoms. The summed E-state index contributed by atoms with van der Waals surface area (Å²) in [7, 11) is -7.89. The van der Waals surface area contributed by atoms with Crippen molar-refractivity contribution in [3.8, 4) is 0 Å². The first-order valence-corrected chi connectivity index (χ1v) is 9.24. The van der Waals surface area contributed by atoms with Gasteiger partial charge in [0.25, 0.3) is 0 Å². The minimum Gasteiger partial charge on any atom is -0.327 e. The highest BCUT2D eigenvalue weighted by molar-refractivity contribution is 7.87. The molecule has 22 heteroatoms. The second-order valence-corrected chi connectivity index (χ2v) is 7.66. The normalized spacial score (nSPS) is 16.3. The Morgan fingerprint density at radius 3 is 1.14 bits per heavy atom. The third kappa shape index (κ3) is 5.01. The molecule has 0 rings (SSSR count). The molecular weight excluding hydrogens is 573 g/mol. The van der Waals surface area contributed by atoms with E-state index in [0.29, 0.717) is 6.54 Å². The van der Waals surface area contributed by atoms with Gasteiger partial charge in [-0.3, -0.25) is 4.55 Å². The highest BCUT2D eigenvalue weighted by Gasteiger charge is 2.96. The summed E-state index contributed by atoms with van der Waals surface area (Å²) in [5.41, 5.74) is 4.91. The van der Waals surface area contributed by atoms with Crippen molar-refractivity contribution in [1.29, 1.82) is 0 Å². The lowest BCUT2D eigenvalue weighted by molar-refractivity contribution is -0.451. The van der Waals surface area contributed by atoms with E-state index in [9.17, 15) is 83.1 Å². The van der Waals surface area contributed by atoms with Gasteiger partial charge in [-0.1, -0.05) is 6.08 Å². The summed E-state index contributed by atoms with van der Waals surface area (Å²) in [5, 5.41) is -7.84. The molecule has 3 N–H and O–H groups in total. The van der Waals surface area contributed by atoms with Crippen LogP contribution in [0.15, 0.2) is 12.7 Å². The molecule has 0 spiro atoms. The zero-order chi connectivity index (χ0) is 29.5. The largest absolute Gasteiger partial charge is 0.438 e. The van der Waals surface area contributed by atoms with Crippen molar-refractivity contribution in [3.05, 3.63) is 12.7 Å². The predicted molar refractivity (Wildman–Crippen MR) is 80.9 cm³/mol. The number of hydrogen-bond donors (Lipinski definition) is 2. The van der Waals surface area contributed by atoms with Crippen LogP contribution in [0.3, 0.4) is 0 Å². The van der Waals surface area contributed by atoms with Crippen molar-refractivity contribution in [2.45, 2.75) is 59.8 Å². The van der Waals surface area contributed by atoms with E-state index in [4.69, 9.17) is 10.3 Å². The molecule has 212 valence electrons. The number of hydrogen-bond acceptors (Lipinski definition) is 3. The van der Waals surface area contributed by atoms with E-state index >= 15 is 0 Å². The van der Waals surface area contributed by atoms with Crippen molar-refractivity contribution in [2.24, 2.45) is 5.73 Å². The van der Waals surface area contributed by atoms with Crippen molar-refractivity contribution >= 4 is 10.1 Å². The quantitative estimate of drug-likeness (QED) is 0.205. The van der Waals surface area contributed by atoms with Crippen LogP contribution in [0, 0.1) is 0 Å². The summed E-state index contributed by atoms with van der Waals surface area (Å²) in [5.74, 6) is -58.5. The zero-order valence-corrected chi connectivity index (χ0v) is 17.1. The van der Waals surface area contributed by atoms with Crippen molar-refractivity contribution in [1.82, 2.24) is 0 Å². The summed E-state index contributed by atoms with van der Waals surface area (Å²) in [4.78, 5) is 0. The SMILES string of the molecule is C=CCN.CC(F)C(F)(F)C(F)(F)C(F)(F)C(F)(F)C(F)(F)C(F)(F)C(F)(F)C(F)(F)S(=O)(=O)O. The van der Waals surface area contributed by atoms with Gasteiger partial charge in [0.05, 0.1) is 0 Å². The lowest BCUT2D eigenvalue weighted by Crippen LogP contribution is -2.75. The molecular formula is C13H12F17NO3S. The molecule has 0 saturated heterocycles. The van der Waals surface area contributed by atoms with Crippen molar-refractivity contribution in [2.75, 3.05) is 6.54 Å². The molecule has 35 heavy (non-hydrogen) atoms. The molecule has 0 aliphatic rings. The first kappa shape index (κ1) is 35.6. The molecule has 0 radical (unpaired) electrons. The van der Waals surface area contributed by atoms with E-state index in [0.717, 1.165) is 0 Å². The molecule has 4 nitrogen and oxygen atoms in total. The van der Waals surface area contributed by atoms with Crippen LogP contribution < -0.4 is 5.73 Å². The molecule has 1 unspecified atom stereocenters. The first-order valence-electron chi connectivity index (χ1n) is 7.80. The van der Waals surface area contributed by atoms with Gasteiger partial charge in [-0.2, -0.15) is 78.7 Å². The van der Waals surface area contributed by atoms with Gasteiger partial charge in [0, 0.05) is 6.54 Å². The highest BCUT2D eigenvalue weighted by atomic mass is 32.2. The summed E-state index contributed by atoms with van der Waals surface area (Å²) in [6.45, 7) is 3.21. The number of rotatable bonds is 10. The van der Waals surface area contributed by atoms with Gasteiger partial charge in [0.15, 0.2) is 6.17 Å². The van der Waals surface area contributed by atoms with Crippen LogP contribution in [0.4, 0.5) is 74.6 Å². The molecule has 0 aromatic rings. The van der Waals surface area contributed by atoms with Crippen molar-refractivity contribution < 1.29 is 87.6 Å². The van der Waals surface area contributed by atoms with Crippen molar-refractivity contribution in [3.63, 3.8) is 0 Å². The molecule has 1 atom stereocenters. The van der Waals surface area contributed by atoms with Gasteiger partial charge in [-0.15, -0.1) is 6.58 Å². The van der Waals surface area contributed by atoms with E-state index in [1.807, 2.05) is 0 Å². The Hall–Kier alpha value is -1.58. The first-order chi connectivity index (χ1) is 14.9. The van der Waals surface area contributed by atoms with E-state index in [-0.39, 0.29) is 0 Å². The van der Waals surface area contributed by atoms with Crippen LogP contribution in [0.1, 0.15) is 6.92 Å².